The van der Waals surface area contributed by atoms with Crippen molar-refractivity contribution >= 4 is 27.2 Å². The van der Waals surface area contributed by atoms with Gasteiger partial charge in [0.15, 0.2) is 0 Å². The van der Waals surface area contributed by atoms with Crippen LogP contribution in [0.1, 0.15) is 11.1 Å². The summed E-state index contributed by atoms with van der Waals surface area (Å²) in [6.45, 7) is 2.51. The van der Waals surface area contributed by atoms with E-state index < -0.39 is 36.0 Å². The minimum Gasteiger partial charge on any atom is -0.333 e. The highest BCUT2D eigenvalue weighted by molar-refractivity contribution is 9.10. The first-order chi connectivity index (χ1) is 12.8. The van der Waals surface area contributed by atoms with Crippen molar-refractivity contribution in [1.82, 2.24) is 4.90 Å². The summed E-state index contributed by atoms with van der Waals surface area (Å²) in [6, 6.07) is 10.3. The van der Waals surface area contributed by atoms with Gasteiger partial charge >= 0.3 is 0 Å². The lowest BCUT2D eigenvalue weighted by Gasteiger charge is -2.33. The van der Waals surface area contributed by atoms with E-state index >= 15 is 0 Å². The van der Waals surface area contributed by atoms with Gasteiger partial charge in [0.05, 0.1) is 23.5 Å². The number of halogens is 6. The smallest absolute Gasteiger partial charge is 0.256 e. The van der Waals surface area contributed by atoms with Crippen molar-refractivity contribution < 1.29 is 22.0 Å². The molecule has 2 aromatic rings. The third kappa shape index (κ3) is 3.83. The summed E-state index contributed by atoms with van der Waals surface area (Å²) in [5.41, 5.74) is -0.595. The zero-order chi connectivity index (χ0) is 19.7. The summed E-state index contributed by atoms with van der Waals surface area (Å²) in [5, 5.41) is 0. The maximum absolute atomic E-state index is 14.7. The number of alkyl halides is 2. The molecule has 0 radical (unpaired) electrons. The van der Waals surface area contributed by atoms with Gasteiger partial charge in [-0.15, -0.1) is 0 Å². The molecule has 7 heteroatoms. The van der Waals surface area contributed by atoms with Crippen molar-refractivity contribution in [3.8, 4) is 0 Å². The lowest BCUT2D eigenvalue weighted by Crippen LogP contribution is -2.30. The average molecular weight is 442 g/mol. The molecule has 1 heterocycles. The van der Waals surface area contributed by atoms with Crippen molar-refractivity contribution in [2.24, 2.45) is 0 Å². The van der Waals surface area contributed by atoms with E-state index in [1.807, 2.05) is 0 Å². The Morgan fingerprint density at radius 1 is 1.00 bits per heavy atom. The van der Waals surface area contributed by atoms with E-state index in [0.29, 0.717) is 5.56 Å². The Balaban J connectivity index is 2.36. The molecule has 1 aliphatic rings. The lowest BCUT2D eigenvalue weighted by atomic mass is 9.94. The molecule has 0 saturated carbocycles. The molecule has 0 fully saturated rings. The molecular formula is C20H13BrF5N. The predicted octanol–water partition coefficient (Wildman–Crippen LogP) is 6.54. The second kappa shape index (κ2) is 7.68. The van der Waals surface area contributed by atoms with Crippen LogP contribution in [-0.4, -0.2) is 17.9 Å². The minimum atomic E-state index is -2.87. The molecule has 3 rings (SSSR count). The molecule has 27 heavy (non-hydrogen) atoms. The van der Waals surface area contributed by atoms with Crippen molar-refractivity contribution in [1.29, 1.82) is 0 Å². The van der Waals surface area contributed by atoms with Crippen LogP contribution in [0.4, 0.5) is 22.0 Å². The number of hydrogen-bond donors (Lipinski definition) is 0. The topological polar surface area (TPSA) is 3.24 Å². The van der Waals surface area contributed by atoms with Crippen molar-refractivity contribution in [2.45, 2.75) is 6.43 Å². The van der Waals surface area contributed by atoms with E-state index in [4.69, 9.17) is 0 Å². The highest BCUT2D eigenvalue weighted by Gasteiger charge is 2.32. The molecular weight excluding hydrogens is 429 g/mol. The van der Waals surface area contributed by atoms with Crippen molar-refractivity contribution in [3.05, 3.63) is 93.9 Å². The first-order valence-corrected chi connectivity index (χ1v) is 8.65. The Bertz CT molecular complexity index is 927. The molecule has 1 nitrogen and oxygen atoms in total. The van der Waals surface area contributed by atoms with Crippen LogP contribution < -0.4 is 0 Å². The van der Waals surface area contributed by atoms with Crippen LogP contribution >= 0.6 is 15.9 Å². The van der Waals surface area contributed by atoms with E-state index in [1.165, 1.54) is 0 Å². The van der Waals surface area contributed by atoms with Gasteiger partial charge in [0, 0.05) is 10.0 Å². The number of nitrogens with zero attached hydrogens (tertiary/aromatic N) is 1. The van der Waals surface area contributed by atoms with Crippen LogP contribution in [0.2, 0.25) is 0 Å². The summed E-state index contributed by atoms with van der Waals surface area (Å²) in [4.78, 5) is 0.817. The monoisotopic (exact) mass is 441 g/mol. The molecule has 0 atom stereocenters. The van der Waals surface area contributed by atoms with Gasteiger partial charge in [-0.2, -0.15) is 0 Å². The quantitative estimate of drug-likeness (QED) is 0.486. The van der Waals surface area contributed by atoms with Crippen LogP contribution in [0.25, 0.3) is 11.3 Å². The third-order valence-electron chi connectivity index (χ3n) is 4.05. The maximum Gasteiger partial charge on any atom is 0.256 e. The Hall–Kier alpha value is -2.41. The first-order valence-electron chi connectivity index (χ1n) is 7.86. The maximum atomic E-state index is 14.7. The molecule has 0 aromatic heterocycles. The Labute approximate surface area is 161 Å². The standard InChI is InChI=1S/C20H13BrF5N/c1-11-15(22)9-14(12-5-3-2-4-6-12)20(27(11)10-18(25)26)19-16(23)7-13(21)8-17(19)24/h2-9,18H,1,10H2. The zero-order valence-electron chi connectivity index (χ0n) is 13.8. The molecule has 0 saturated heterocycles. The molecule has 2 aromatic carbocycles. The summed E-state index contributed by atoms with van der Waals surface area (Å²) >= 11 is 2.99. The fourth-order valence-corrected chi connectivity index (χ4v) is 3.30. The number of hydrogen-bond acceptors (Lipinski definition) is 1. The fourth-order valence-electron chi connectivity index (χ4n) is 2.90. The molecule has 0 N–H and O–H groups in total. The summed E-state index contributed by atoms with van der Waals surface area (Å²) in [7, 11) is 0. The van der Waals surface area contributed by atoms with Gasteiger partial charge in [0.2, 0.25) is 0 Å². The second-order valence-electron chi connectivity index (χ2n) is 5.81. The normalized spacial score (nSPS) is 14.9. The molecule has 0 unspecified atom stereocenters. The Morgan fingerprint density at radius 2 is 1.59 bits per heavy atom. The Kier molecular flexibility index (Phi) is 5.51. The number of rotatable bonds is 4. The molecule has 0 aliphatic carbocycles. The van der Waals surface area contributed by atoms with Crippen LogP contribution in [-0.2, 0) is 0 Å². The van der Waals surface area contributed by atoms with Crippen LogP contribution in [0.15, 0.2) is 71.1 Å². The molecule has 0 amide bonds. The van der Waals surface area contributed by atoms with E-state index in [0.717, 1.165) is 23.1 Å². The average Bonchev–Trinajstić information content (AvgIpc) is 2.60. The molecule has 1 aliphatic heterocycles. The number of benzene rings is 2. The summed E-state index contributed by atoms with van der Waals surface area (Å²) in [5.74, 6) is -2.78. The highest BCUT2D eigenvalue weighted by atomic mass is 79.9. The first kappa shape index (κ1) is 19.4. The van der Waals surface area contributed by atoms with Crippen molar-refractivity contribution in [2.75, 3.05) is 6.54 Å². The van der Waals surface area contributed by atoms with Gasteiger partial charge in [-0.3, -0.25) is 0 Å². The highest BCUT2D eigenvalue weighted by Crippen LogP contribution is 2.42. The summed E-state index contributed by atoms with van der Waals surface area (Å²) < 4.78 is 70.2. The van der Waals surface area contributed by atoms with Gasteiger partial charge in [-0.05, 0) is 23.8 Å². The molecule has 0 spiro atoms. The van der Waals surface area contributed by atoms with Gasteiger partial charge in [-0.1, -0.05) is 52.8 Å². The van der Waals surface area contributed by atoms with Crippen molar-refractivity contribution in [3.63, 3.8) is 0 Å². The molecule has 0 bridgehead atoms. The van der Waals surface area contributed by atoms with Gasteiger partial charge < -0.3 is 4.90 Å². The van der Waals surface area contributed by atoms with Gasteiger partial charge in [0.1, 0.15) is 17.5 Å². The predicted molar refractivity (Wildman–Crippen MR) is 98.4 cm³/mol. The fraction of sp³-hybridized carbons (Fsp3) is 0.100. The lowest BCUT2D eigenvalue weighted by molar-refractivity contribution is 0.122. The van der Waals surface area contributed by atoms with Crippen LogP contribution in [0.3, 0.4) is 0 Å². The SMILES string of the molecule is C=C1C(F)=CC(c2ccccc2)=C(c2c(F)cc(Br)cc2F)N1CC(F)F. The third-order valence-corrected chi connectivity index (χ3v) is 4.50. The summed E-state index contributed by atoms with van der Waals surface area (Å²) in [6.07, 6.45) is -1.82. The van der Waals surface area contributed by atoms with E-state index in [2.05, 4.69) is 22.5 Å². The minimum absolute atomic E-state index is 0.0845. The van der Waals surface area contributed by atoms with Crippen LogP contribution in [0, 0.1) is 11.6 Å². The van der Waals surface area contributed by atoms with Gasteiger partial charge in [0.25, 0.3) is 6.43 Å². The van der Waals surface area contributed by atoms with Crippen LogP contribution in [0.5, 0.6) is 0 Å². The Morgan fingerprint density at radius 3 is 2.15 bits per heavy atom. The van der Waals surface area contributed by atoms with E-state index in [9.17, 15) is 22.0 Å². The largest absolute Gasteiger partial charge is 0.333 e. The zero-order valence-corrected chi connectivity index (χ0v) is 15.4. The van der Waals surface area contributed by atoms with E-state index in [1.54, 1.807) is 30.3 Å². The van der Waals surface area contributed by atoms with E-state index in [-0.39, 0.29) is 21.4 Å². The van der Waals surface area contributed by atoms with Gasteiger partial charge in [-0.25, -0.2) is 22.0 Å². The second-order valence-corrected chi connectivity index (χ2v) is 6.73. The molecule has 140 valence electrons. The number of allylic oxidation sites excluding steroid dienone is 3.